The van der Waals surface area contributed by atoms with E-state index in [0.717, 1.165) is 6.07 Å². The van der Waals surface area contributed by atoms with Crippen LogP contribution in [0.2, 0.25) is 0 Å². The van der Waals surface area contributed by atoms with Gasteiger partial charge in [-0.2, -0.15) is 13.2 Å². The van der Waals surface area contributed by atoms with Crippen molar-refractivity contribution in [2.45, 2.75) is 52.6 Å². The summed E-state index contributed by atoms with van der Waals surface area (Å²) in [6, 6.07) is 2.51. The summed E-state index contributed by atoms with van der Waals surface area (Å²) in [7, 11) is 0. The fourth-order valence-corrected chi connectivity index (χ4v) is 3.30. The Bertz CT molecular complexity index is 766. The second kappa shape index (κ2) is 9.32. The molecule has 0 aromatic heterocycles. The monoisotopic (exact) mass is 432 g/mol. The molecule has 30 heavy (non-hydrogen) atoms. The van der Waals surface area contributed by atoms with Gasteiger partial charge in [0.15, 0.2) is 0 Å². The lowest BCUT2D eigenvalue weighted by Gasteiger charge is -2.36. The molecule has 0 saturated carbocycles. The van der Waals surface area contributed by atoms with Crippen molar-refractivity contribution in [1.29, 1.82) is 0 Å². The molecule has 1 atom stereocenters. The largest absolute Gasteiger partial charge is 0.416 e. The van der Waals surface area contributed by atoms with Crippen LogP contribution >= 0.6 is 0 Å². The third-order valence-electron chi connectivity index (χ3n) is 5.27. The summed E-state index contributed by atoms with van der Waals surface area (Å²) in [4.78, 5) is 26.3. The number of halogens is 4. The highest BCUT2D eigenvalue weighted by atomic mass is 19.4. The summed E-state index contributed by atoms with van der Waals surface area (Å²) in [5.74, 6) is -0.971. The number of nitrogens with one attached hydrogen (secondary N) is 1. The van der Waals surface area contributed by atoms with Gasteiger partial charge in [-0.1, -0.05) is 20.8 Å². The van der Waals surface area contributed by atoms with Gasteiger partial charge in [-0.25, -0.2) is 4.39 Å². The number of rotatable bonds is 5. The van der Waals surface area contributed by atoms with E-state index < -0.39 is 35.8 Å². The molecule has 1 aliphatic heterocycles. The van der Waals surface area contributed by atoms with Crippen LogP contribution in [0.4, 0.5) is 17.6 Å². The molecule has 2 N–H and O–H groups in total. The number of hydrogen-bond acceptors (Lipinski definition) is 3. The Morgan fingerprint density at radius 3 is 2.27 bits per heavy atom. The zero-order chi connectivity index (χ0) is 22.7. The molecule has 0 spiro atoms. The number of aliphatic hydroxyl groups excluding tert-OH is 1. The molecular formula is C21H28F4N2O3. The number of nitrogens with zero attached hydrogens (tertiary/aromatic N) is 1. The van der Waals surface area contributed by atoms with Gasteiger partial charge in [0.05, 0.1) is 5.56 Å². The van der Waals surface area contributed by atoms with Crippen LogP contribution in [-0.2, 0) is 17.6 Å². The fourth-order valence-electron chi connectivity index (χ4n) is 3.30. The first-order chi connectivity index (χ1) is 13.8. The van der Waals surface area contributed by atoms with Crippen LogP contribution in [0.15, 0.2) is 18.2 Å². The topological polar surface area (TPSA) is 69.6 Å². The van der Waals surface area contributed by atoms with Crippen LogP contribution in [0.5, 0.6) is 0 Å². The van der Waals surface area contributed by atoms with E-state index in [1.807, 2.05) is 0 Å². The average molecular weight is 432 g/mol. The van der Waals surface area contributed by atoms with Gasteiger partial charge < -0.3 is 15.3 Å². The number of amides is 2. The summed E-state index contributed by atoms with van der Waals surface area (Å²) in [5, 5.41) is 12.8. The standard InChI is InChI=1S/C21H28F4N2O3/c1-20(2,3)17(28)19(30)27-6-4-13(5-7-27)12-26-18(29)15-8-14(11-22)9-16(10-15)21(23,24)25/h8-10,13,17,28H,4-7,11-12H2,1-3H3,(H,26,29). The first kappa shape index (κ1) is 24.1. The smallest absolute Gasteiger partial charge is 0.383 e. The van der Waals surface area contributed by atoms with Crippen molar-refractivity contribution < 1.29 is 32.3 Å². The molecule has 2 amide bonds. The SMILES string of the molecule is CC(C)(C)C(O)C(=O)N1CCC(CNC(=O)c2cc(CF)cc(C(F)(F)F)c2)CC1. The number of piperidine rings is 1. The van der Waals surface area contributed by atoms with Gasteiger partial charge in [0.2, 0.25) is 0 Å². The Morgan fingerprint density at radius 2 is 1.77 bits per heavy atom. The minimum Gasteiger partial charge on any atom is -0.383 e. The van der Waals surface area contributed by atoms with E-state index in [9.17, 15) is 32.3 Å². The quantitative estimate of drug-likeness (QED) is 0.700. The van der Waals surface area contributed by atoms with Crippen LogP contribution in [0, 0.1) is 11.3 Å². The minimum absolute atomic E-state index is 0.0521. The van der Waals surface area contributed by atoms with Crippen LogP contribution in [0.3, 0.4) is 0 Å². The molecule has 0 bridgehead atoms. The third-order valence-corrected chi connectivity index (χ3v) is 5.27. The van der Waals surface area contributed by atoms with Crippen molar-refractivity contribution in [3.05, 3.63) is 34.9 Å². The van der Waals surface area contributed by atoms with Gasteiger partial charge in [-0.15, -0.1) is 0 Å². The van der Waals surface area contributed by atoms with Crippen molar-refractivity contribution in [2.75, 3.05) is 19.6 Å². The summed E-state index contributed by atoms with van der Waals surface area (Å²) >= 11 is 0. The molecule has 1 unspecified atom stereocenters. The zero-order valence-electron chi connectivity index (χ0n) is 17.4. The Labute approximate surface area is 173 Å². The highest BCUT2D eigenvalue weighted by Crippen LogP contribution is 2.31. The first-order valence-electron chi connectivity index (χ1n) is 9.85. The van der Waals surface area contributed by atoms with E-state index in [-0.39, 0.29) is 29.5 Å². The maximum absolute atomic E-state index is 13.0. The van der Waals surface area contributed by atoms with Crippen molar-refractivity contribution in [3.8, 4) is 0 Å². The van der Waals surface area contributed by atoms with Crippen molar-refractivity contribution in [3.63, 3.8) is 0 Å². The van der Waals surface area contributed by atoms with Gasteiger partial charge in [0, 0.05) is 25.2 Å². The molecule has 1 aromatic rings. The number of alkyl halides is 4. The Morgan fingerprint density at radius 1 is 1.17 bits per heavy atom. The van der Waals surface area contributed by atoms with Crippen molar-refractivity contribution in [1.82, 2.24) is 10.2 Å². The van der Waals surface area contributed by atoms with Gasteiger partial charge in [0.25, 0.3) is 11.8 Å². The molecule has 168 valence electrons. The van der Waals surface area contributed by atoms with E-state index in [2.05, 4.69) is 5.32 Å². The number of aliphatic hydroxyl groups is 1. The number of benzene rings is 1. The maximum atomic E-state index is 13.0. The summed E-state index contributed by atoms with van der Waals surface area (Å²) in [6.45, 7) is 5.34. The summed E-state index contributed by atoms with van der Waals surface area (Å²) in [5.41, 5.74) is -2.07. The highest BCUT2D eigenvalue weighted by molar-refractivity contribution is 5.94. The normalized spacial score (nSPS) is 17.0. The average Bonchev–Trinajstić information content (AvgIpc) is 2.69. The van der Waals surface area contributed by atoms with E-state index in [4.69, 9.17) is 0 Å². The lowest BCUT2D eigenvalue weighted by Crippen LogP contribution is -2.49. The second-order valence-electron chi connectivity index (χ2n) is 8.80. The first-order valence-corrected chi connectivity index (χ1v) is 9.85. The third kappa shape index (κ3) is 6.17. The number of carbonyl (C=O) groups is 2. The van der Waals surface area contributed by atoms with Gasteiger partial charge >= 0.3 is 6.18 Å². The lowest BCUT2D eigenvalue weighted by molar-refractivity contribution is -0.147. The summed E-state index contributed by atoms with van der Waals surface area (Å²) in [6.07, 6.45) is -4.57. The molecule has 1 heterocycles. The highest BCUT2D eigenvalue weighted by Gasteiger charge is 2.34. The van der Waals surface area contributed by atoms with Crippen molar-refractivity contribution in [2.24, 2.45) is 11.3 Å². The van der Waals surface area contributed by atoms with Crippen LogP contribution in [-0.4, -0.2) is 47.6 Å². The Kier molecular flexibility index (Phi) is 7.49. The minimum atomic E-state index is -4.67. The second-order valence-corrected chi connectivity index (χ2v) is 8.80. The number of likely N-dealkylation sites (tertiary alicyclic amines) is 1. The van der Waals surface area contributed by atoms with E-state index in [1.165, 1.54) is 0 Å². The van der Waals surface area contributed by atoms with Gasteiger partial charge in [-0.3, -0.25) is 9.59 Å². The van der Waals surface area contributed by atoms with Crippen LogP contribution in [0.25, 0.3) is 0 Å². The molecule has 2 rings (SSSR count). The Hall–Kier alpha value is -2.16. The molecule has 5 nitrogen and oxygen atoms in total. The lowest BCUT2D eigenvalue weighted by atomic mass is 9.87. The van der Waals surface area contributed by atoms with Gasteiger partial charge in [-0.05, 0) is 47.9 Å². The molecule has 0 aliphatic carbocycles. The molecule has 9 heteroatoms. The van der Waals surface area contributed by atoms with Crippen molar-refractivity contribution >= 4 is 11.8 Å². The zero-order valence-corrected chi connectivity index (χ0v) is 17.4. The predicted octanol–water partition coefficient (Wildman–Crippen LogP) is 3.55. The summed E-state index contributed by atoms with van der Waals surface area (Å²) < 4.78 is 51.8. The van der Waals surface area contributed by atoms with E-state index in [0.29, 0.717) is 38.1 Å². The molecule has 1 aliphatic rings. The molecule has 0 radical (unpaired) electrons. The molecule has 1 aromatic carbocycles. The Balaban J connectivity index is 1.92. The number of carbonyl (C=O) groups excluding carboxylic acids is 2. The molecular weight excluding hydrogens is 404 g/mol. The predicted molar refractivity (Wildman–Crippen MR) is 103 cm³/mol. The van der Waals surface area contributed by atoms with E-state index in [1.54, 1.807) is 25.7 Å². The molecule has 1 saturated heterocycles. The van der Waals surface area contributed by atoms with Gasteiger partial charge in [0.1, 0.15) is 12.8 Å². The maximum Gasteiger partial charge on any atom is 0.416 e. The van der Waals surface area contributed by atoms with Crippen LogP contribution in [0.1, 0.15) is 55.1 Å². The van der Waals surface area contributed by atoms with E-state index >= 15 is 0 Å². The fraction of sp³-hybridized carbons (Fsp3) is 0.619. The molecule has 1 fully saturated rings. The number of hydrogen-bond donors (Lipinski definition) is 2. The van der Waals surface area contributed by atoms with Crippen LogP contribution < -0.4 is 5.32 Å².